The number of alkyl halides is 3. The smallest absolute Gasteiger partial charge is 0.406 e. The second-order valence-corrected chi connectivity index (χ2v) is 5.31. The van der Waals surface area contributed by atoms with E-state index >= 15 is 0 Å². The highest BCUT2D eigenvalue weighted by Gasteiger charge is 2.31. The summed E-state index contributed by atoms with van der Waals surface area (Å²) in [6.45, 7) is 5.61. The Morgan fingerprint density at radius 2 is 1.78 bits per heavy atom. The minimum absolute atomic E-state index is 0.242. The number of nitrogens with zero attached hydrogens (tertiary/aromatic N) is 3. The molecule has 0 bridgehead atoms. The van der Waals surface area contributed by atoms with Gasteiger partial charge < -0.3 is 15.0 Å². The summed E-state index contributed by atoms with van der Waals surface area (Å²) in [5.41, 5.74) is 2.69. The van der Waals surface area contributed by atoms with Crippen molar-refractivity contribution in [2.24, 2.45) is 0 Å². The van der Waals surface area contributed by atoms with Crippen molar-refractivity contribution in [3.63, 3.8) is 0 Å². The Morgan fingerprint density at radius 1 is 1.13 bits per heavy atom. The summed E-state index contributed by atoms with van der Waals surface area (Å²) in [4.78, 5) is 2.25. The van der Waals surface area contributed by atoms with Gasteiger partial charge in [0, 0.05) is 26.2 Å². The van der Waals surface area contributed by atoms with E-state index in [4.69, 9.17) is 0 Å². The number of rotatable bonds is 3. The summed E-state index contributed by atoms with van der Waals surface area (Å²) in [6, 6.07) is 5.69. The Bertz CT molecular complexity index is 660. The molecule has 0 unspecified atom stereocenters. The Balaban J connectivity index is 1.80. The maximum absolute atomic E-state index is 12.2. The summed E-state index contributed by atoms with van der Waals surface area (Å²) >= 11 is 0. The molecule has 3 rings (SSSR count). The van der Waals surface area contributed by atoms with Crippen LogP contribution in [0.5, 0.6) is 5.75 Å². The molecule has 0 atom stereocenters. The van der Waals surface area contributed by atoms with Gasteiger partial charge in [0.05, 0.1) is 23.3 Å². The number of ether oxygens (including phenoxy) is 1. The Kier molecular flexibility index (Phi) is 4.16. The molecule has 23 heavy (non-hydrogen) atoms. The fourth-order valence-corrected chi connectivity index (χ4v) is 2.67. The summed E-state index contributed by atoms with van der Waals surface area (Å²) < 4.78 is 42.2. The van der Waals surface area contributed by atoms with Crippen molar-refractivity contribution in [3.8, 4) is 11.4 Å². The highest BCUT2D eigenvalue weighted by molar-refractivity contribution is 5.52. The third-order valence-corrected chi connectivity index (χ3v) is 3.76. The minimum atomic E-state index is -4.68. The van der Waals surface area contributed by atoms with Gasteiger partial charge in [0.15, 0.2) is 0 Å². The van der Waals surface area contributed by atoms with Crippen molar-refractivity contribution in [3.05, 3.63) is 36.2 Å². The zero-order chi connectivity index (χ0) is 16.4. The monoisotopic (exact) mass is 326 g/mol. The van der Waals surface area contributed by atoms with E-state index in [1.807, 2.05) is 6.92 Å². The van der Waals surface area contributed by atoms with Gasteiger partial charge in [-0.25, -0.2) is 4.68 Å². The molecular weight excluding hydrogens is 309 g/mol. The van der Waals surface area contributed by atoms with Crippen LogP contribution in [0.4, 0.5) is 18.9 Å². The maximum Gasteiger partial charge on any atom is 0.573 e. The molecule has 1 saturated heterocycles. The van der Waals surface area contributed by atoms with E-state index in [9.17, 15) is 13.2 Å². The lowest BCUT2D eigenvalue weighted by molar-refractivity contribution is -0.274. The van der Waals surface area contributed by atoms with Crippen LogP contribution < -0.4 is 15.0 Å². The molecule has 0 saturated carbocycles. The van der Waals surface area contributed by atoms with Gasteiger partial charge in [-0.15, -0.1) is 13.2 Å². The van der Waals surface area contributed by atoms with E-state index in [-0.39, 0.29) is 5.75 Å². The maximum atomic E-state index is 12.2. The van der Waals surface area contributed by atoms with Crippen molar-refractivity contribution >= 4 is 5.69 Å². The van der Waals surface area contributed by atoms with Gasteiger partial charge in [-0.1, -0.05) is 0 Å². The fraction of sp³-hybridized carbons (Fsp3) is 0.400. The van der Waals surface area contributed by atoms with Crippen LogP contribution in [0.3, 0.4) is 0 Å². The Hall–Kier alpha value is -2.22. The van der Waals surface area contributed by atoms with Crippen LogP contribution in [0.2, 0.25) is 0 Å². The SMILES string of the molecule is Cc1c(N2CCNCC2)cnn1-c1ccc(OC(F)(F)F)cc1. The molecule has 1 aromatic heterocycles. The molecule has 2 heterocycles. The molecule has 0 aliphatic carbocycles. The van der Waals surface area contributed by atoms with Crippen LogP contribution in [0.25, 0.3) is 5.69 Å². The predicted molar refractivity (Wildman–Crippen MR) is 80.1 cm³/mol. The average molecular weight is 326 g/mol. The standard InChI is InChI=1S/C15H17F3N4O/c1-11-14(21-8-6-19-7-9-21)10-20-22(11)12-2-4-13(5-3-12)23-15(16,17)18/h2-5,10,19H,6-9H2,1H3. The van der Waals surface area contributed by atoms with Crippen LogP contribution in [-0.2, 0) is 0 Å². The largest absolute Gasteiger partial charge is 0.573 e. The number of hydrogen-bond donors (Lipinski definition) is 1. The lowest BCUT2D eigenvalue weighted by Gasteiger charge is -2.28. The molecule has 1 aromatic carbocycles. The van der Waals surface area contributed by atoms with Gasteiger partial charge in [0.1, 0.15) is 5.75 Å². The first-order valence-corrected chi connectivity index (χ1v) is 7.30. The van der Waals surface area contributed by atoms with Crippen LogP contribution in [0, 0.1) is 6.92 Å². The van der Waals surface area contributed by atoms with Crippen LogP contribution in [0.1, 0.15) is 5.69 Å². The molecule has 2 aromatic rings. The molecule has 0 amide bonds. The van der Waals surface area contributed by atoms with E-state index in [2.05, 4.69) is 20.1 Å². The number of piperazine rings is 1. The van der Waals surface area contributed by atoms with Gasteiger partial charge >= 0.3 is 6.36 Å². The molecule has 5 nitrogen and oxygen atoms in total. The Morgan fingerprint density at radius 3 is 2.39 bits per heavy atom. The molecule has 1 aliphatic rings. The lowest BCUT2D eigenvalue weighted by Crippen LogP contribution is -2.43. The van der Waals surface area contributed by atoms with E-state index in [1.54, 1.807) is 23.0 Å². The van der Waals surface area contributed by atoms with Crippen LogP contribution >= 0.6 is 0 Å². The van der Waals surface area contributed by atoms with E-state index in [0.29, 0.717) is 5.69 Å². The third-order valence-electron chi connectivity index (χ3n) is 3.76. The topological polar surface area (TPSA) is 42.3 Å². The molecule has 1 N–H and O–H groups in total. The molecule has 1 aliphatic heterocycles. The highest BCUT2D eigenvalue weighted by atomic mass is 19.4. The van der Waals surface area contributed by atoms with E-state index in [1.165, 1.54) is 12.1 Å². The Labute approximate surface area is 131 Å². The number of anilines is 1. The first kappa shape index (κ1) is 15.7. The lowest BCUT2D eigenvalue weighted by atomic mass is 10.2. The van der Waals surface area contributed by atoms with Gasteiger partial charge in [-0.05, 0) is 31.2 Å². The highest BCUT2D eigenvalue weighted by Crippen LogP contribution is 2.26. The summed E-state index contributed by atoms with van der Waals surface area (Å²) in [7, 11) is 0. The number of aromatic nitrogens is 2. The van der Waals surface area contributed by atoms with Crippen molar-refractivity contribution in [1.82, 2.24) is 15.1 Å². The quantitative estimate of drug-likeness (QED) is 0.941. The van der Waals surface area contributed by atoms with Crippen molar-refractivity contribution < 1.29 is 17.9 Å². The second-order valence-electron chi connectivity index (χ2n) is 5.31. The molecule has 8 heteroatoms. The zero-order valence-corrected chi connectivity index (χ0v) is 12.6. The fourth-order valence-electron chi connectivity index (χ4n) is 2.67. The van der Waals surface area contributed by atoms with Crippen LogP contribution in [0.15, 0.2) is 30.5 Å². The normalized spacial score (nSPS) is 15.7. The van der Waals surface area contributed by atoms with Gasteiger partial charge in [0.2, 0.25) is 0 Å². The van der Waals surface area contributed by atoms with Gasteiger partial charge in [-0.2, -0.15) is 5.10 Å². The number of halogens is 3. The minimum Gasteiger partial charge on any atom is -0.406 e. The predicted octanol–water partition coefficient (Wildman–Crippen LogP) is 2.49. The molecular formula is C15H17F3N4O. The molecule has 0 radical (unpaired) electrons. The average Bonchev–Trinajstić information content (AvgIpc) is 2.89. The number of hydrogen-bond acceptors (Lipinski definition) is 4. The second kappa shape index (κ2) is 6.11. The molecule has 124 valence electrons. The van der Waals surface area contributed by atoms with Gasteiger partial charge in [-0.3, -0.25) is 0 Å². The first-order valence-electron chi connectivity index (χ1n) is 7.30. The van der Waals surface area contributed by atoms with Gasteiger partial charge in [0.25, 0.3) is 0 Å². The van der Waals surface area contributed by atoms with E-state index in [0.717, 1.165) is 37.6 Å². The van der Waals surface area contributed by atoms with Crippen molar-refractivity contribution in [2.75, 3.05) is 31.1 Å². The molecule has 1 fully saturated rings. The summed E-state index contributed by atoms with van der Waals surface area (Å²) in [5.74, 6) is -0.242. The van der Waals surface area contributed by atoms with Crippen molar-refractivity contribution in [2.45, 2.75) is 13.3 Å². The van der Waals surface area contributed by atoms with Crippen molar-refractivity contribution in [1.29, 1.82) is 0 Å². The summed E-state index contributed by atoms with van der Waals surface area (Å²) in [5, 5.41) is 7.65. The zero-order valence-electron chi connectivity index (χ0n) is 12.6. The van der Waals surface area contributed by atoms with Crippen LogP contribution in [-0.4, -0.2) is 42.3 Å². The molecule has 0 spiro atoms. The number of benzene rings is 1. The summed E-state index contributed by atoms with van der Waals surface area (Å²) in [6.07, 6.45) is -2.89. The third kappa shape index (κ3) is 3.58. The van der Waals surface area contributed by atoms with E-state index < -0.39 is 6.36 Å². The first-order chi connectivity index (χ1) is 10.9. The number of nitrogens with one attached hydrogen (secondary N) is 1.